The van der Waals surface area contributed by atoms with Crippen LogP contribution in [0.5, 0.6) is 0 Å². The lowest BCUT2D eigenvalue weighted by Gasteiger charge is -2.04. The minimum Gasteiger partial charge on any atom is -0.383 e. The Bertz CT molecular complexity index is 475. The van der Waals surface area contributed by atoms with Gasteiger partial charge in [0.1, 0.15) is 5.82 Å². The average Bonchev–Trinajstić information content (AvgIpc) is 2.64. The average molecular weight is 204 g/mol. The summed E-state index contributed by atoms with van der Waals surface area (Å²) in [6, 6.07) is 0. The Balaban J connectivity index is 2.47. The molecule has 2 rings (SSSR count). The standard InChI is InChI=1S/C9H12N6/c1-15-3-2-12-9(15)8-13-5-6(4-10)7(11)14-8/h2-3,5H,4,10H2,1H3,(H2,11,13,14). The molecule has 15 heavy (non-hydrogen) atoms. The van der Waals surface area contributed by atoms with Crippen LogP contribution in [-0.2, 0) is 13.6 Å². The Kier molecular flexibility index (Phi) is 2.34. The molecule has 0 radical (unpaired) electrons. The lowest BCUT2D eigenvalue weighted by atomic mass is 10.3. The van der Waals surface area contributed by atoms with Crippen LogP contribution in [0.25, 0.3) is 11.6 Å². The molecule has 0 saturated carbocycles. The molecule has 0 saturated heterocycles. The van der Waals surface area contributed by atoms with Gasteiger partial charge < -0.3 is 16.0 Å². The van der Waals surface area contributed by atoms with Crippen molar-refractivity contribution in [2.75, 3.05) is 5.73 Å². The second-order valence-corrected chi connectivity index (χ2v) is 3.17. The molecule has 6 heteroatoms. The minimum atomic E-state index is 0.340. The van der Waals surface area contributed by atoms with E-state index in [0.29, 0.717) is 24.0 Å². The van der Waals surface area contributed by atoms with Crippen molar-refractivity contribution in [2.24, 2.45) is 12.8 Å². The summed E-state index contributed by atoms with van der Waals surface area (Å²) < 4.78 is 1.83. The Morgan fingerprint density at radius 1 is 1.40 bits per heavy atom. The van der Waals surface area contributed by atoms with Gasteiger partial charge in [-0.05, 0) is 0 Å². The maximum Gasteiger partial charge on any atom is 0.197 e. The molecule has 0 unspecified atom stereocenters. The summed E-state index contributed by atoms with van der Waals surface area (Å²) in [4.78, 5) is 12.4. The van der Waals surface area contributed by atoms with Crippen LogP contribution in [0, 0.1) is 0 Å². The summed E-state index contributed by atoms with van der Waals surface area (Å²) in [5.74, 6) is 1.60. The summed E-state index contributed by atoms with van der Waals surface area (Å²) >= 11 is 0. The van der Waals surface area contributed by atoms with E-state index in [9.17, 15) is 0 Å². The predicted molar refractivity (Wildman–Crippen MR) is 56.5 cm³/mol. The molecule has 0 aliphatic heterocycles. The van der Waals surface area contributed by atoms with Gasteiger partial charge in [-0.1, -0.05) is 0 Å². The first-order valence-electron chi connectivity index (χ1n) is 4.51. The molecule has 6 nitrogen and oxygen atoms in total. The number of anilines is 1. The molecule has 0 aromatic carbocycles. The third kappa shape index (κ3) is 1.66. The first kappa shape index (κ1) is 9.60. The Morgan fingerprint density at radius 3 is 2.73 bits per heavy atom. The maximum atomic E-state index is 5.72. The van der Waals surface area contributed by atoms with Gasteiger partial charge in [0, 0.05) is 37.7 Å². The highest BCUT2D eigenvalue weighted by molar-refractivity contribution is 5.49. The lowest BCUT2D eigenvalue weighted by molar-refractivity contribution is 0.902. The number of rotatable bonds is 2. The zero-order chi connectivity index (χ0) is 10.8. The number of imidazole rings is 1. The number of aryl methyl sites for hydroxylation is 1. The van der Waals surface area contributed by atoms with E-state index in [-0.39, 0.29) is 0 Å². The molecule has 2 aromatic heterocycles. The second kappa shape index (κ2) is 3.66. The van der Waals surface area contributed by atoms with Gasteiger partial charge >= 0.3 is 0 Å². The van der Waals surface area contributed by atoms with Gasteiger partial charge in [0.25, 0.3) is 0 Å². The van der Waals surface area contributed by atoms with Gasteiger partial charge in [0.05, 0.1) is 0 Å². The number of nitrogen functional groups attached to an aromatic ring is 1. The van der Waals surface area contributed by atoms with E-state index in [4.69, 9.17) is 11.5 Å². The fraction of sp³-hybridized carbons (Fsp3) is 0.222. The minimum absolute atomic E-state index is 0.340. The third-order valence-electron chi connectivity index (χ3n) is 2.14. The SMILES string of the molecule is Cn1ccnc1-c1ncc(CN)c(N)n1. The van der Waals surface area contributed by atoms with Gasteiger partial charge in [-0.3, -0.25) is 0 Å². The Hall–Kier alpha value is -1.95. The summed E-state index contributed by atoms with van der Waals surface area (Å²) in [6.07, 6.45) is 5.14. The number of hydrogen-bond acceptors (Lipinski definition) is 5. The molecule has 78 valence electrons. The van der Waals surface area contributed by atoms with Crippen LogP contribution in [0.4, 0.5) is 5.82 Å². The second-order valence-electron chi connectivity index (χ2n) is 3.17. The van der Waals surface area contributed by atoms with E-state index < -0.39 is 0 Å². The number of aromatic nitrogens is 4. The number of nitrogens with two attached hydrogens (primary N) is 2. The highest BCUT2D eigenvalue weighted by atomic mass is 15.1. The molecule has 4 N–H and O–H groups in total. The fourth-order valence-electron chi connectivity index (χ4n) is 1.27. The van der Waals surface area contributed by atoms with Crippen molar-refractivity contribution in [1.29, 1.82) is 0 Å². The number of hydrogen-bond donors (Lipinski definition) is 2. The first-order valence-corrected chi connectivity index (χ1v) is 4.51. The van der Waals surface area contributed by atoms with Crippen LogP contribution in [0.3, 0.4) is 0 Å². The Labute approximate surface area is 87.0 Å². The van der Waals surface area contributed by atoms with Crippen LogP contribution in [0.2, 0.25) is 0 Å². The van der Waals surface area contributed by atoms with Crippen molar-refractivity contribution in [2.45, 2.75) is 6.54 Å². The zero-order valence-electron chi connectivity index (χ0n) is 8.38. The van der Waals surface area contributed by atoms with Crippen molar-refractivity contribution in [3.63, 3.8) is 0 Å². The molecule has 0 fully saturated rings. The Morgan fingerprint density at radius 2 is 2.20 bits per heavy atom. The van der Waals surface area contributed by atoms with Gasteiger partial charge in [-0.2, -0.15) is 0 Å². The molecule has 0 aliphatic carbocycles. The van der Waals surface area contributed by atoms with Crippen molar-refractivity contribution >= 4 is 5.82 Å². The van der Waals surface area contributed by atoms with Crippen molar-refractivity contribution in [1.82, 2.24) is 19.5 Å². The molecular weight excluding hydrogens is 192 g/mol. The van der Waals surface area contributed by atoms with Crippen molar-refractivity contribution in [3.8, 4) is 11.6 Å². The maximum absolute atomic E-state index is 5.72. The van der Waals surface area contributed by atoms with Crippen molar-refractivity contribution < 1.29 is 0 Å². The highest BCUT2D eigenvalue weighted by Gasteiger charge is 2.08. The smallest absolute Gasteiger partial charge is 0.197 e. The summed E-state index contributed by atoms with van der Waals surface area (Å²) in [6.45, 7) is 0.340. The van der Waals surface area contributed by atoms with E-state index in [0.717, 1.165) is 5.56 Å². The first-order chi connectivity index (χ1) is 7.22. The topological polar surface area (TPSA) is 95.6 Å². The number of nitrogens with zero attached hydrogens (tertiary/aromatic N) is 4. The lowest BCUT2D eigenvalue weighted by Crippen LogP contribution is -2.07. The summed E-state index contributed by atoms with van der Waals surface area (Å²) in [5.41, 5.74) is 11.9. The van der Waals surface area contributed by atoms with Crippen LogP contribution in [-0.4, -0.2) is 19.5 Å². The predicted octanol–water partition coefficient (Wildman–Crippen LogP) is -0.0820. The molecule has 2 heterocycles. The molecule has 0 atom stereocenters. The van der Waals surface area contributed by atoms with E-state index in [2.05, 4.69) is 15.0 Å². The van der Waals surface area contributed by atoms with Gasteiger partial charge in [0.2, 0.25) is 0 Å². The highest BCUT2D eigenvalue weighted by Crippen LogP contribution is 2.14. The fourth-order valence-corrected chi connectivity index (χ4v) is 1.27. The molecular formula is C9H12N6. The van der Waals surface area contributed by atoms with Crippen LogP contribution >= 0.6 is 0 Å². The van der Waals surface area contributed by atoms with Gasteiger partial charge in [-0.25, -0.2) is 15.0 Å². The summed E-state index contributed by atoms with van der Waals surface area (Å²) in [7, 11) is 1.87. The quantitative estimate of drug-likeness (QED) is 0.713. The molecule has 2 aromatic rings. The van der Waals surface area contributed by atoms with E-state index >= 15 is 0 Å². The zero-order valence-corrected chi connectivity index (χ0v) is 8.38. The normalized spacial score (nSPS) is 10.5. The van der Waals surface area contributed by atoms with Gasteiger partial charge in [-0.15, -0.1) is 0 Å². The van der Waals surface area contributed by atoms with Crippen LogP contribution in [0.1, 0.15) is 5.56 Å². The molecule has 0 aliphatic rings. The van der Waals surface area contributed by atoms with E-state index in [1.165, 1.54) is 0 Å². The molecule has 0 bridgehead atoms. The van der Waals surface area contributed by atoms with Gasteiger partial charge in [0.15, 0.2) is 11.6 Å². The third-order valence-corrected chi connectivity index (χ3v) is 2.14. The van der Waals surface area contributed by atoms with Crippen LogP contribution < -0.4 is 11.5 Å². The van der Waals surface area contributed by atoms with E-state index in [1.807, 2.05) is 17.8 Å². The van der Waals surface area contributed by atoms with Crippen molar-refractivity contribution in [3.05, 3.63) is 24.2 Å². The molecule has 0 amide bonds. The van der Waals surface area contributed by atoms with E-state index in [1.54, 1.807) is 12.4 Å². The largest absolute Gasteiger partial charge is 0.383 e. The van der Waals surface area contributed by atoms with Crippen LogP contribution in [0.15, 0.2) is 18.6 Å². The molecule has 0 spiro atoms. The monoisotopic (exact) mass is 204 g/mol. The summed E-state index contributed by atoms with van der Waals surface area (Å²) in [5, 5.41) is 0.